The van der Waals surface area contributed by atoms with Crippen LogP contribution in [-0.4, -0.2) is 10.9 Å². The molecule has 3 rings (SSSR count). The maximum Gasteiger partial charge on any atom is 0.271 e. The molecule has 3 aromatic rings. The molecule has 0 saturated carbocycles. The number of rotatable bonds is 6. The number of halogens is 1. The molecule has 25 heavy (non-hydrogen) atoms. The van der Waals surface area contributed by atoms with E-state index in [4.69, 9.17) is 5.73 Å². The van der Waals surface area contributed by atoms with Crippen LogP contribution in [0.4, 0.5) is 4.39 Å². The van der Waals surface area contributed by atoms with Crippen molar-refractivity contribution in [3.05, 3.63) is 87.6 Å². The van der Waals surface area contributed by atoms with Gasteiger partial charge in [-0.05, 0) is 18.1 Å². The van der Waals surface area contributed by atoms with Crippen LogP contribution in [0.15, 0.2) is 60.0 Å². The molecule has 2 aromatic carbocycles. The molecular formula is C19H18FN3OS. The number of amides is 1. The second-order valence-electron chi connectivity index (χ2n) is 5.64. The fourth-order valence-electron chi connectivity index (χ4n) is 2.43. The number of hydrogen-bond acceptors (Lipinski definition) is 4. The number of hydrogen-bond donors (Lipinski definition) is 2. The van der Waals surface area contributed by atoms with E-state index in [2.05, 4.69) is 10.3 Å². The Bertz CT molecular complexity index is 851. The van der Waals surface area contributed by atoms with Crippen molar-refractivity contribution in [1.82, 2.24) is 10.3 Å². The molecule has 3 N–H and O–H groups in total. The van der Waals surface area contributed by atoms with Crippen LogP contribution in [0.1, 0.15) is 32.7 Å². The highest BCUT2D eigenvalue weighted by molar-refractivity contribution is 7.09. The number of thiazole rings is 1. The first-order valence-corrected chi connectivity index (χ1v) is 8.78. The van der Waals surface area contributed by atoms with Gasteiger partial charge in [-0.15, -0.1) is 11.3 Å². The van der Waals surface area contributed by atoms with Crippen molar-refractivity contribution in [2.45, 2.75) is 19.0 Å². The quantitative estimate of drug-likeness (QED) is 0.712. The Hall–Kier alpha value is -2.57. The largest absolute Gasteiger partial charge is 0.346 e. The molecule has 6 heteroatoms. The van der Waals surface area contributed by atoms with E-state index in [0.717, 1.165) is 5.56 Å². The summed E-state index contributed by atoms with van der Waals surface area (Å²) >= 11 is 1.36. The Kier molecular flexibility index (Phi) is 5.53. The Morgan fingerprint density at radius 2 is 1.88 bits per heavy atom. The Morgan fingerprint density at radius 1 is 1.16 bits per heavy atom. The van der Waals surface area contributed by atoms with Crippen molar-refractivity contribution in [3.8, 4) is 0 Å². The monoisotopic (exact) mass is 355 g/mol. The van der Waals surface area contributed by atoms with E-state index in [1.165, 1.54) is 17.4 Å². The average Bonchev–Trinajstić information content (AvgIpc) is 3.12. The zero-order valence-electron chi connectivity index (χ0n) is 13.5. The highest BCUT2D eigenvalue weighted by Gasteiger charge is 2.16. The molecule has 1 aromatic heterocycles. The fourth-order valence-corrected chi connectivity index (χ4v) is 3.23. The van der Waals surface area contributed by atoms with E-state index in [0.29, 0.717) is 22.7 Å². The van der Waals surface area contributed by atoms with Crippen LogP contribution in [0.25, 0.3) is 0 Å². The summed E-state index contributed by atoms with van der Waals surface area (Å²) in [4.78, 5) is 16.5. The smallest absolute Gasteiger partial charge is 0.271 e. The molecule has 0 bridgehead atoms. The van der Waals surface area contributed by atoms with E-state index >= 15 is 0 Å². The first-order chi connectivity index (χ1) is 12.1. The van der Waals surface area contributed by atoms with Gasteiger partial charge in [-0.1, -0.05) is 48.5 Å². The topological polar surface area (TPSA) is 68.0 Å². The zero-order chi connectivity index (χ0) is 17.6. The van der Waals surface area contributed by atoms with Crippen LogP contribution >= 0.6 is 11.3 Å². The standard InChI is InChI=1S/C19H18FN3OS/c20-15-9-5-4-8-14(15)11-22-18(24)17-12-25-19(23-17)16(21)10-13-6-2-1-3-7-13/h1-9,12,16H,10-11,21H2,(H,22,24). The molecule has 1 amide bonds. The molecular weight excluding hydrogens is 337 g/mol. The summed E-state index contributed by atoms with van der Waals surface area (Å²) in [6.45, 7) is 0.119. The summed E-state index contributed by atoms with van der Waals surface area (Å²) in [6.07, 6.45) is 0.657. The van der Waals surface area contributed by atoms with Gasteiger partial charge in [0.25, 0.3) is 5.91 Å². The van der Waals surface area contributed by atoms with Crippen molar-refractivity contribution < 1.29 is 9.18 Å². The summed E-state index contributed by atoms with van der Waals surface area (Å²) in [5, 5.41) is 5.07. The molecule has 0 spiro atoms. The summed E-state index contributed by atoms with van der Waals surface area (Å²) in [5.41, 5.74) is 8.06. The lowest BCUT2D eigenvalue weighted by Crippen LogP contribution is -2.24. The van der Waals surface area contributed by atoms with Gasteiger partial charge in [0.1, 0.15) is 16.5 Å². The van der Waals surface area contributed by atoms with Crippen molar-refractivity contribution >= 4 is 17.2 Å². The van der Waals surface area contributed by atoms with Crippen LogP contribution in [0, 0.1) is 5.82 Å². The Labute approximate surface area is 149 Å². The van der Waals surface area contributed by atoms with Crippen LogP contribution in [0.2, 0.25) is 0 Å². The lowest BCUT2D eigenvalue weighted by Gasteiger charge is -2.08. The highest BCUT2D eigenvalue weighted by atomic mass is 32.1. The maximum atomic E-state index is 13.6. The third-order valence-electron chi connectivity index (χ3n) is 3.77. The van der Waals surface area contributed by atoms with E-state index < -0.39 is 0 Å². The number of carbonyl (C=O) groups is 1. The number of nitrogens with one attached hydrogen (secondary N) is 1. The Balaban J connectivity index is 1.60. The number of carbonyl (C=O) groups excluding carboxylic acids is 1. The molecule has 128 valence electrons. The number of benzene rings is 2. The number of nitrogens with two attached hydrogens (primary N) is 1. The summed E-state index contributed by atoms with van der Waals surface area (Å²) in [7, 11) is 0. The number of nitrogens with zero attached hydrogens (tertiary/aromatic N) is 1. The first kappa shape index (κ1) is 17.3. The number of aromatic nitrogens is 1. The minimum atomic E-state index is -0.341. The van der Waals surface area contributed by atoms with Crippen molar-refractivity contribution in [3.63, 3.8) is 0 Å². The van der Waals surface area contributed by atoms with Crippen LogP contribution in [0.5, 0.6) is 0 Å². The molecule has 1 atom stereocenters. The van der Waals surface area contributed by atoms with Gasteiger partial charge >= 0.3 is 0 Å². The maximum absolute atomic E-state index is 13.6. The van der Waals surface area contributed by atoms with Gasteiger partial charge in [0.15, 0.2) is 0 Å². The van der Waals surface area contributed by atoms with E-state index in [1.54, 1.807) is 23.6 Å². The van der Waals surface area contributed by atoms with Gasteiger partial charge in [0, 0.05) is 17.5 Å². The predicted octanol–water partition coefficient (Wildman–Crippen LogP) is 3.45. The van der Waals surface area contributed by atoms with Crippen LogP contribution in [0.3, 0.4) is 0 Å². The van der Waals surface area contributed by atoms with Gasteiger partial charge in [0.05, 0.1) is 6.04 Å². The van der Waals surface area contributed by atoms with Gasteiger partial charge in [0.2, 0.25) is 0 Å². The van der Waals surface area contributed by atoms with E-state index in [9.17, 15) is 9.18 Å². The molecule has 0 aliphatic rings. The summed E-state index contributed by atoms with van der Waals surface area (Å²) in [6, 6.07) is 16.0. The molecule has 1 unspecified atom stereocenters. The zero-order valence-corrected chi connectivity index (χ0v) is 14.3. The van der Waals surface area contributed by atoms with Gasteiger partial charge < -0.3 is 11.1 Å². The Morgan fingerprint density at radius 3 is 2.64 bits per heavy atom. The third kappa shape index (κ3) is 4.49. The molecule has 1 heterocycles. The molecule has 4 nitrogen and oxygen atoms in total. The molecule has 0 aliphatic heterocycles. The third-order valence-corrected chi connectivity index (χ3v) is 4.74. The first-order valence-electron chi connectivity index (χ1n) is 7.90. The van der Waals surface area contributed by atoms with Gasteiger partial charge in [-0.3, -0.25) is 4.79 Å². The second-order valence-corrected chi connectivity index (χ2v) is 6.53. The SMILES string of the molecule is NC(Cc1ccccc1)c1nc(C(=O)NCc2ccccc2F)cs1. The van der Waals surface area contributed by atoms with Crippen LogP contribution < -0.4 is 11.1 Å². The van der Waals surface area contributed by atoms with E-state index in [1.807, 2.05) is 30.3 Å². The van der Waals surface area contributed by atoms with Crippen molar-refractivity contribution in [2.24, 2.45) is 5.73 Å². The van der Waals surface area contributed by atoms with Crippen molar-refractivity contribution in [1.29, 1.82) is 0 Å². The molecule has 0 radical (unpaired) electrons. The normalized spacial score (nSPS) is 11.9. The highest BCUT2D eigenvalue weighted by Crippen LogP contribution is 2.20. The fraction of sp³-hybridized carbons (Fsp3) is 0.158. The molecule has 0 fully saturated rings. The van der Waals surface area contributed by atoms with Crippen LogP contribution in [-0.2, 0) is 13.0 Å². The van der Waals surface area contributed by atoms with Gasteiger partial charge in [-0.2, -0.15) is 0 Å². The van der Waals surface area contributed by atoms with E-state index in [-0.39, 0.29) is 24.3 Å². The summed E-state index contributed by atoms with van der Waals surface area (Å²) < 4.78 is 13.6. The lowest BCUT2D eigenvalue weighted by molar-refractivity contribution is 0.0946. The lowest BCUT2D eigenvalue weighted by atomic mass is 10.1. The minimum Gasteiger partial charge on any atom is -0.346 e. The van der Waals surface area contributed by atoms with Gasteiger partial charge in [-0.25, -0.2) is 9.37 Å². The molecule has 0 aliphatic carbocycles. The molecule has 0 saturated heterocycles. The predicted molar refractivity (Wildman–Crippen MR) is 96.8 cm³/mol. The minimum absolute atomic E-state index is 0.119. The second kappa shape index (κ2) is 8.00. The average molecular weight is 355 g/mol. The summed E-state index contributed by atoms with van der Waals surface area (Å²) in [5.74, 6) is -0.677. The van der Waals surface area contributed by atoms with Crippen molar-refractivity contribution in [2.75, 3.05) is 0 Å².